The second-order valence-corrected chi connectivity index (χ2v) is 9.09. The molecule has 1 aromatic carbocycles. The van der Waals surface area contributed by atoms with Gasteiger partial charge in [-0.1, -0.05) is 11.8 Å². The summed E-state index contributed by atoms with van der Waals surface area (Å²) < 4.78 is 7.44. The van der Waals surface area contributed by atoms with Crippen LogP contribution >= 0.6 is 11.8 Å². The lowest BCUT2D eigenvalue weighted by molar-refractivity contribution is -0.384. The first-order valence-electron chi connectivity index (χ1n) is 10.0. The zero-order valence-electron chi connectivity index (χ0n) is 17.0. The molecular formula is C20H23N5O5S. The van der Waals surface area contributed by atoms with E-state index in [-0.39, 0.29) is 28.7 Å². The van der Waals surface area contributed by atoms with Crippen LogP contribution in [0.1, 0.15) is 18.9 Å². The van der Waals surface area contributed by atoms with E-state index in [1.807, 2.05) is 10.7 Å². The highest BCUT2D eigenvalue weighted by Gasteiger charge is 2.39. The summed E-state index contributed by atoms with van der Waals surface area (Å²) in [6.07, 6.45) is 2.03. The van der Waals surface area contributed by atoms with Gasteiger partial charge in [0.15, 0.2) is 5.12 Å². The number of benzene rings is 1. The maximum atomic E-state index is 12.9. The summed E-state index contributed by atoms with van der Waals surface area (Å²) in [4.78, 5) is 38.7. The largest absolute Gasteiger partial charge is 0.445 e. The Morgan fingerprint density at radius 1 is 1.26 bits per heavy atom. The van der Waals surface area contributed by atoms with Crippen LogP contribution in [0.15, 0.2) is 36.5 Å². The molecule has 2 aromatic rings. The van der Waals surface area contributed by atoms with Crippen molar-refractivity contribution >= 4 is 34.5 Å². The van der Waals surface area contributed by atoms with Gasteiger partial charge in [-0.15, -0.1) is 0 Å². The Morgan fingerprint density at radius 3 is 2.74 bits per heavy atom. The first kappa shape index (κ1) is 21.2. The number of fused-ring (bicyclic) bond motifs is 1. The predicted octanol–water partition coefficient (Wildman–Crippen LogP) is 2.67. The Labute approximate surface area is 183 Å². The molecule has 0 unspecified atom stereocenters. The molecule has 31 heavy (non-hydrogen) atoms. The lowest BCUT2D eigenvalue weighted by Crippen LogP contribution is -2.43. The highest BCUT2D eigenvalue weighted by Crippen LogP contribution is 2.31. The van der Waals surface area contributed by atoms with E-state index < -0.39 is 11.0 Å². The number of hydrogen-bond donors (Lipinski definition) is 0. The molecule has 1 amide bonds. The molecule has 2 aliphatic heterocycles. The monoisotopic (exact) mass is 445 g/mol. The molecular weight excluding hydrogens is 422 g/mol. The minimum Gasteiger partial charge on any atom is -0.445 e. The summed E-state index contributed by atoms with van der Waals surface area (Å²) >= 11 is 1.26. The fraction of sp³-hybridized carbons (Fsp3) is 0.450. The van der Waals surface area contributed by atoms with Crippen LogP contribution < -0.4 is 4.90 Å². The smallest absolute Gasteiger partial charge is 0.410 e. The number of carbonyl (C=O) groups is 2. The number of likely N-dealkylation sites (tertiary alicyclic amines) is 1. The third-order valence-electron chi connectivity index (χ3n) is 5.48. The number of nitrogens with zero attached hydrogens (tertiary/aromatic N) is 5. The van der Waals surface area contributed by atoms with E-state index in [1.54, 1.807) is 23.2 Å². The molecule has 11 heteroatoms. The van der Waals surface area contributed by atoms with Gasteiger partial charge in [0.05, 0.1) is 23.7 Å². The SMILES string of the molecule is CC(=O)S[C@H]1C[C@@H](CN2CCn3nccc32)N(C(=O)OCc2ccc([N+](=O)[O-])cc2)C1. The molecule has 0 bridgehead atoms. The zero-order chi connectivity index (χ0) is 22.0. The lowest BCUT2D eigenvalue weighted by Gasteiger charge is -2.28. The van der Waals surface area contributed by atoms with Crippen LogP contribution in [0.25, 0.3) is 0 Å². The molecule has 4 rings (SSSR count). The highest BCUT2D eigenvalue weighted by atomic mass is 32.2. The van der Waals surface area contributed by atoms with E-state index >= 15 is 0 Å². The number of amides is 1. The van der Waals surface area contributed by atoms with Gasteiger partial charge in [0, 0.05) is 50.0 Å². The van der Waals surface area contributed by atoms with Gasteiger partial charge in [-0.25, -0.2) is 9.48 Å². The molecule has 1 saturated heterocycles. The summed E-state index contributed by atoms with van der Waals surface area (Å²) in [5.41, 5.74) is 0.663. The average Bonchev–Trinajstić information content (AvgIpc) is 3.44. The van der Waals surface area contributed by atoms with Crippen LogP contribution in [0.4, 0.5) is 16.3 Å². The van der Waals surface area contributed by atoms with E-state index in [0.29, 0.717) is 25.1 Å². The van der Waals surface area contributed by atoms with Crippen LogP contribution in [0.2, 0.25) is 0 Å². The van der Waals surface area contributed by atoms with Gasteiger partial charge < -0.3 is 14.5 Å². The zero-order valence-corrected chi connectivity index (χ0v) is 17.9. The minimum atomic E-state index is -0.470. The van der Waals surface area contributed by atoms with Crippen molar-refractivity contribution in [3.63, 3.8) is 0 Å². The van der Waals surface area contributed by atoms with Crippen LogP contribution in [0.5, 0.6) is 0 Å². The quantitative estimate of drug-likeness (QED) is 0.493. The van der Waals surface area contributed by atoms with Crippen molar-refractivity contribution in [1.29, 1.82) is 0 Å². The van der Waals surface area contributed by atoms with Gasteiger partial charge in [-0.3, -0.25) is 14.9 Å². The molecule has 1 aromatic heterocycles. The molecule has 0 radical (unpaired) electrons. The Hall–Kier alpha value is -3.08. The molecule has 0 aliphatic carbocycles. The molecule has 164 valence electrons. The predicted molar refractivity (Wildman–Crippen MR) is 115 cm³/mol. The van der Waals surface area contributed by atoms with Gasteiger partial charge in [0.25, 0.3) is 5.69 Å². The molecule has 3 heterocycles. The number of hydrogen-bond acceptors (Lipinski definition) is 8. The van der Waals surface area contributed by atoms with Crippen LogP contribution in [-0.2, 0) is 22.7 Å². The maximum Gasteiger partial charge on any atom is 0.410 e. The van der Waals surface area contributed by atoms with Gasteiger partial charge in [0.2, 0.25) is 0 Å². The molecule has 2 aliphatic rings. The first-order chi connectivity index (χ1) is 14.9. The number of nitro groups is 1. The number of thioether (sulfide) groups is 1. The van der Waals surface area contributed by atoms with Crippen molar-refractivity contribution in [2.75, 3.05) is 24.5 Å². The van der Waals surface area contributed by atoms with Crippen molar-refractivity contribution in [2.45, 2.75) is 37.8 Å². The molecule has 10 nitrogen and oxygen atoms in total. The topological polar surface area (TPSA) is 111 Å². The summed E-state index contributed by atoms with van der Waals surface area (Å²) in [5, 5.41) is 15.1. The normalized spacial score (nSPS) is 20.0. The van der Waals surface area contributed by atoms with Gasteiger partial charge in [-0.05, 0) is 24.1 Å². The van der Waals surface area contributed by atoms with Gasteiger partial charge in [-0.2, -0.15) is 5.10 Å². The summed E-state index contributed by atoms with van der Waals surface area (Å²) in [7, 11) is 0. The van der Waals surface area contributed by atoms with E-state index in [1.165, 1.54) is 30.8 Å². The Balaban J connectivity index is 1.41. The third-order valence-corrected chi connectivity index (χ3v) is 6.49. The van der Waals surface area contributed by atoms with Crippen molar-refractivity contribution in [3.05, 3.63) is 52.2 Å². The molecule has 0 N–H and O–H groups in total. The Kier molecular flexibility index (Phi) is 6.12. The van der Waals surface area contributed by atoms with E-state index in [9.17, 15) is 19.7 Å². The average molecular weight is 446 g/mol. The fourth-order valence-corrected chi connectivity index (χ4v) is 5.09. The van der Waals surface area contributed by atoms with E-state index in [2.05, 4.69) is 10.00 Å². The summed E-state index contributed by atoms with van der Waals surface area (Å²) in [5.74, 6) is 1.03. The number of aromatic nitrogens is 2. The van der Waals surface area contributed by atoms with Crippen molar-refractivity contribution in [1.82, 2.24) is 14.7 Å². The van der Waals surface area contributed by atoms with E-state index in [0.717, 1.165) is 18.9 Å². The van der Waals surface area contributed by atoms with Gasteiger partial charge >= 0.3 is 6.09 Å². The second kappa shape index (κ2) is 8.96. The standard InChI is InChI=1S/C20H23N5O5S/c1-14(26)31-18-10-17(11-22-8-9-24-19(22)6-7-21-24)23(12-18)20(27)30-13-15-2-4-16(5-3-15)25(28)29/h2-7,17-18H,8-13H2,1H3/t17-,18-/m0/s1. The summed E-state index contributed by atoms with van der Waals surface area (Å²) in [6.45, 7) is 4.30. The first-order valence-corrected chi connectivity index (χ1v) is 10.9. The van der Waals surface area contributed by atoms with Crippen LogP contribution in [0.3, 0.4) is 0 Å². The lowest BCUT2D eigenvalue weighted by atomic mass is 10.2. The van der Waals surface area contributed by atoms with Gasteiger partial charge in [0.1, 0.15) is 12.4 Å². The Morgan fingerprint density at radius 2 is 2.03 bits per heavy atom. The maximum absolute atomic E-state index is 12.9. The van der Waals surface area contributed by atoms with Crippen LogP contribution in [-0.4, -0.2) is 61.7 Å². The number of ether oxygens (including phenoxy) is 1. The van der Waals surface area contributed by atoms with Crippen LogP contribution in [0, 0.1) is 10.1 Å². The summed E-state index contributed by atoms with van der Waals surface area (Å²) in [6, 6.07) is 7.80. The number of nitro benzene ring substituents is 1. The number of anilines is 1. The Bertz CT molecular complexity index is 979. The number of carbonyl (C=O) groups excluding carboxylic acids is 2. The van der Waals surface area contributed by atoms with Crippen molar-refractivity contribution in [3.8, 4) is 0 Å². The molecule has 2 atom stereocenters. The van der Waals surface area contributed by atoms with Crippen molar-refractivity contribution < 1.29 is 19.2 Å². The fourth-order valence-electron chi connectivity index (χ4n) is 4.07. The number of rotatable bonds is 6. The minimum absolute atomic E-state index is 0.0105. The van der Waals surface area contributed by atoms with E-state index in [4.69, 9.17) is 4.74 Å². The second-order valence-electron chi connectivity index (χ2n) is 7.61. The highest BCUT2D eigenvalue weighted by molar-refractivity contribution is 8.14. The molecule has 0 spiro atoms. The molecule has 1 fully saturated rings. The van der Waals surface area contributed by atoms with Crippen molar-refractivity contribution in [2.24, 2.45) is 0 Å². The molecule has 0 saturated carbocycles. The number of non-ortho nitro benzene ring substituents is 1. The third kappa shape index (κ3) is 4.82.